The molecule has 1 aliphatic heterocycles. The van der Waals surface area contributed by atoms with Gasteiger partial charge in [0.2, 0.25) is 11.8 Å². The first-order chi connectivity index (χ1) is 13.1. The Bertz CT molecular complexity index is 805. The van der Waals surface area contributed by atoms with Crippen LogP contribution in [0.2, 0.25) is 0 Å². The van der Waals surface area contributed by atoms with E-state index in [1.54, 1.807) is 16.2 Å². The molecule has 2 amide bonds. The molecule has 144 valence electrons. The van der Waals surface area contributed by atoms with E-state index < -0.39 is 0 Å². The van der Waals surface area contributed by atoms with Gasteiger partial charge in [0.15, 0.2) is 0 Å². The van der Waals surface area contributed by atoms with Gasteiger partial charge >= 0.3 is 0 Å². The van der Waals surface area contributed by atoms with E-state index in [4.69, 9.17) is 5.73 Å². The monoisotopic (exact) mass is 386 g/mol. The number of carbonyl (C=O) groups is 2. The lowest BCUT2D eigenvalue weighted by Gasteiger charge is -2.32. The van der Waals surface area contributed by atoms with Gasteiger partial charge in [0, 0.05) is 37.1 Å². The number of likely N-dealkylation sites (tertiary alicyclic amines) is 1. The molecule has 1 aromatic heterocycles. The zero-order chi connectivity index (χ0) is 19.2. The SMILES string of the molecule is Cc1cccc(-c2nc(CC(=O)N3CCCC(C(=O)NCCN)C3)cs2)c1. The summed E-state index contributed by atoms with van der Waals surface area (Å²) in [6, 6.07) is 8.20. The number of piperidine rings is 1. The van der Waals surface area contributed by atoms with Gasteiger partial charge in [-0.05, 0) is 25.8 Å². The molecule has 1 saturated heterocycles. The van der Waals surface area contributed by atoms with Gasteiger partial charge in [-0.1, -0.05) is 23.8 Å². The van der Waals surface area contributed by atoms with Gasteiger partial charge in [0.25, 0.3) is 0 Å². The zero-order valence-corrected chi connectivity index (χ0v) is 16.4. The third-order valence-electron chi connectivity index (χ3n) is 4.74. The predicted octanol–water partition coefficient (Wildman–Crippen LogP) is 1.97. The third-order valence-corrected chi connectivity index (χ3v) is 5.68. The first kappa shape index (κ1) is 19.5. The minimum atomic E-state index is -0.146. The van der Waals surface area contributed by atoms with Crippen LogP contribution >= 0.6 is 11.3 Å². The van der Waals surface area contributed by atoms with Crippen molar-refractivity contribution in [3.63, 3.8) is 0 Å². The van der Waals surface area contributed by atoms with E-state index in [9.17, 15) is 9.59 Å². The quantitative estimate of drug-likeness (QED) is 0.794. The maximum Gasteiger partial charge on any atom is 0.228 e. The molecule has 1 atom stereocenters. The number of aromatic nitrogens is 1. The second-order valence-electron chi connectivity index (χ2n) is 6.95. The van der Waals surface area contributed by atoms with E-state index in [1.807, 2.05) is 17.5 Å². The molecule has 2 aromatic rings. The van der Waals surface area contributed by atoms with Crippen molar-refractivity contribution in [3.05, 3.63) is 40.9 Å². The average Bonchev–Trinajstić information content (AvgIpc) is 3.14. The average molecular weight is 387 g/mol. The van der Waals surface area contributed by atoms with Crippen LogP contribution in [-0.2, 0) is 16.0 Å². The van der Waals surface area contributed by atoms with Crippen molar-refractivity contribution in [1.29, 1.82) is 0 Å². The zero-order valence-electron chi connectivity index (χ0n) is 15.6. The Morgan fingerprint density at radius 2 is 2.26 bits per heavy atom. The summed E-state index contributed by atoms with van der Waals surface area (Å²) in [6.07, 6.45) is 1.94. The summed E-state index contributed by atoms with van der Waals surface area (Å²) >= 11 is 1.56. The van der Waals surface area contributed by atoms with Crippen LogP contribution in [0.3, 0.4) is 0 Å². The highest BCUT2D eigenvalue weighted by Crippen LogP contribution is 2.25. The Morgan fingerprint density at radius 3 is 3.04 bits per heavy atom. The minimum Gasteiger partial charge on any atom is -0.355 e. The smallest absolute Gasteiger partial charge is 0.228 e. The topological polar surface area (TPSA) is 88.3 Å². The fourth-order valence-electron chi connectivity index (χ4n) is 3.32. The van der Waals surface area contributed by atoms with E-state index in [0.29, 0.717) is 26.2 Å². The van der Waals surface area contributed by atoms with Crippen molar-refractivity contribution in [2.45, 2.75) is 26.2 Å². The largest absolute Gasteiger partial charge is 0.355 e. The van der Waals surface area contributed by atoms with Gasteiger partial charge in [-0.3, -0.25) is 9.59 Å². The Morgan fingerprint density at radius 1 is 1.41 bits per heavy atom. The van der Waals surface area contributed by atoms with Crippen LogP contribution in [0.15, 0.2) is 29.6 Å². The normalized spacial score (nSPS) is 17.0. The van der Waals surface area contributed by atoms with Crippen molar-refractivity contribution < 1.29 is 9.59 Å². The summed E-state index contributed by atoms with van der Waals surface area (Å²) in [6.45, 7) is 4.13. The van der Waals surface area contributed by atoms with Crippen molar-refractivity contribution in [3.8, 4) is 10.6 Å². The number of nitrogens with two attached hydrogens (primary N) is 1. The van der Waals surface area contributed by atoms with Crippen LogP contribution in [0.4, 0.5) is 0 Å². The van der Waals surface area contributed by atoms with Gasteiger partial charge in [-0.25, -0.2) is 4.98 Å². The predicted molar refractivity (Wildman–Crippen MR) is 107 cm³/mol. The number of hydrogen-bond acceptors (Lipinski definition) is 5. The van der Waals surface area contributed by atoms with Gasteiger partial charge in [-0.15, -0.1) is 11.3 Å². The summed E-state index contributed by atoms with van der Waals surface area (Å²) < 4.78 is 0. The molecule has 0 radical (unpaired) electrons. The number of amides is 2. The number of aryl methyl sites for hydroxylation is 1. The van der Waals surface area contributed by atoms with Crippen LogP contribution in [0.1, 0.15) is 24.1 Å². The molecule has 1 aromatic carbocycles. The minimum absolute atomic E-state index is 0.00616. The second kappa shape index (κ2) is 9.10. The van der Waals surface area contributed by atoms with E-state index in [-0.39, 0.29) is 24.2 Å². The van der Waals surface area contributed by atoms with Crippen molar-refractivity contribution in [1.82, 2.24) is 15.2 Å². The molecule has 0 saturated carbocycles. The molecule has 0 aliphatic carbocycles. The summed E-state index contributed by atoms with van der Waals surface area (Å²) in [5, 5.41) is 5.70. The van der Waals surface area contributed by atoms with E-state index >= 15 is 0 Å². The van der Waals surface area contributed by atoms with Crippen LogP contribution in [0.5, 0.6) is 0 Å². The molecule has 3 N–H and O–H groups in total. The molecule has 2 heterocycles. The second-order valence-corrected chi connectivity index (χ2v) is 7.81. The standard InChI is InChI=1S/C20H26N4O2S/c1-14-4-2-5-15(10-14)20-23-17(13-27-20)11-18(25)24-9-3-6-16(12-24)19(26)22-8-7-21/h2,4-5,10,13,16H,3,6-9,11-12,21H2,1H3,(H,22,26). The Hall–Kier alpha value is -2.25. The maximum absolute atomic E-state index is 12.7. The highest BCUT2D eigenvalue weighted by atomic mass is 32.1. The third kappa shape index (κ3) is 5.14. The van der Waals surface area contributed by atoms with Crippen molar-refractivity contribution in [2.75, 3.05) is 26.2 Å². The number of hydrogen-bond donors (Lipinski definition) is 2. The van der Waals surface area contributed by atoms with E-state index in [1.165, 1.54) is 5.56 Å². The summed E-state index contributed by atoms with van der Waals surface area (Å²) in [7, 11) is 0. The Labute approximate surface area is 163 Å². The molecule has 3 rings (SSSR count). The maximum atomic E-state index is 12.7. The summed E-state index contributed by atoms with van der Waals surface area (Å²) in [5.74, 6) is -0.117. The lowest BCUT2D eigenvalue weighted by atomic mass is 9.96. The van der Waals surface area contributed by atoms with Gasteiger partial charge in [-0.2, -0.15) is 0 Å². The highest BCUT2D eigenvalue weighted by Gasteiger charge is 2.28. The molecule has 0 spiro atoms. The van der Waals surface area contributed by atoms with Gasteiger partial charge in [0.05, 0.1) is 18.0 Å². The molecule has 27 heavy (non-hydrogen) atoms. The number of nitrogens with zero attached hydrogens (tertiary/aromatic N) is 2. The molecule has 7 heteroatoms. The first-order valence-electron chi connectivity index (χ1n) is 9.34. The molecular weight excluding hydrogens is 360 g/mol. The number of rotatable bonds is 6. The Balaban J connectivity index is 1.59. The lowest BCUT2D eigenvalue weighted by molar-refractivity contribution is -0.135. The van der Waals surface area contributed by atoms with E-state index in [2.05, 4.69) is 29.4 Å². The number of nitrogens with one attached hydrogen (secondary N) is 1. The molecule has 1 unspecified atom stereocenters. The molecule has 0 bridgehead atoms. The number of benzene rings is 1. The van der Waals surface area contributed by atoms with Crippen LogP contribution in [0, 0.1) is 12.8 Å². The van der Waals surface area contributed by atoms with E-state index in [0.717, 1.165) is 29.1 Å². The van der Waals surface area contributed by atoms with Crippen molar-refractivity contribution >= 4 is 23.2 Å². The molecule has 6 nitrogen and oxygen atoms in total. The Kier molecular flexibility index (Phi) is 6.58. The van der Waals surface area contributed by atoms with Crippen LogP contribution in [-0.4, -0.2) is 47.9 Å². The number of thiazole rings is 1. The fraction of sp³-hybridized carbons (Fsp3) is 0.450. The summed E-state index contributed by atoms with van der Waals surface area (Å²) in [4.78, 5) is 31.3. The fourth-order valence-corrected chi connectivity index (χ4v) is 4.14. The highest BCUT2D eigenvalue weighted by molar-refractivity contribution is 7.13. The molecular formula is C20H26N4O2S. The lowest BCUT2D eigenvalue weighted by Crippen LogP contribution is -2.46. The van der Waals surface area contributed by atoms with Crippen LogP contribution < -0.4 is 11.1 Å². The summed E-state index contributed by atoms with van der Waals surface area (Å²) in [5.41, 5.74) is 8.49. The first-order valence-corrected chi connectivity index (χ1v) is 10.2. The number of carbonyl (C=O) groups excluding carboxylic acids is 2. The van der Waals surface area contributed by atoms with Crippen molar-refractivity contribution in [2.24, 2.45) is 11.7 Å². The van der Waals surface area contributed by atoms with Gasteiger partial charge < -0.3 is 16.0 Å². The molecule has 1 aliphatic rings. The molecule has 1 fully saturated rings. The van der Waals surface area contributed by atoms with Crippen LogP contribution in [0.25, 0.3) is 10.6 Å². The van der Waals surface area contributed by atoms with Gasteiger partial charge in [0.1, 0.15) is 5.01 Å².